The van der Waals surface area contributed by atoms with Crippen LogP contribution in [-0.4, -0.2) is 39.4 Å². The van der Waals surface area contributed by atoms with Gasteiger partial charge in [0.2, 0.25) is 0 Å². The Labute approximate surface area is 153 Å². The van der Waals surface area contributed by atoms with E-state index >= 15 is 0 Å². The smallest absolute Gasteiger partial charge is 0.322 e. The molecule has 1 atom stereocenters. The number of benzene rings is 1. The van der Waals surface area contributed by atoms with Crippen LogP contribution in [0.5, 0.6) is 0 Å². The Hall–Kier alpha value is -2.88. The zero-order chi connectivity index (χ0) is 20.1. The van der Waals surface area contributed by atoms with E-state index < -0.39 is 30.2 Å². The number of aliphatic carboxylic acids is 1. The molecule has 1 heterocycles. The SMILES string of the molecule is CCCn1ncc(C(F)F)c1-c1cc(F)cc(C(=O)NC[C@@H](N)C(=O)O)c1. The number of alkyl halides is 2. The van der Waals surface area contributed by atoms with Crippen LogP contribution in [0, 0.1) is 5.82 Å². The van der Waals surface area contributed by atoms with E-state index in [4.69, 9.17) is 10.8 Å². The summed E-state index contributed by atoms with van der Waals surface area (Å²) in [4.78, 5) is 22.9. The molecule has 0 unspecified atom stereocenters. The number of aromatic nitrogens is 2. The summed E-state index contributed by atoms with van der Waals surface area (Å²) in [5.74, 6) is -2.88. The molecule has 1 amide bonds. The molecule has 2 rings (SSSR count). The lowest BCUT2D eigenvalue weighted by atomic mass is 10.0. The average Bonchev–Trinajstić information content (AvgIpc) is 3.03. The van der Waals surface area contributed by atoms with E-state index in [0.29, 0.717) is 13.0 Å². The van der Waals surface area contributed by atoms with Gasteiger partial charge in [0.25, 0.3) is 12.3 Å². The first-order chi connectivity index (χ1) is 12.7. The van der Waals surface area contributed by atoms with Gasteiger partial charge >= 0.3 is 5.97 Å². The van der Waals surface area contributed by atoms with Gasteiger partial charge in [-0.2, -0.15) is 5.10 Å². The number of hydrogen-bond donors (Lipinski definition) is 3. The van der Waals surface area contributed by atoms with Crippen molar-refractivity contribution in [3.63, 3.8) is 0 Å². The van der Waals surface area contributed by atoms with Crippen LogP contribution in [0.3, 0.4) is 0 Å². The van der Waals surface area contributed by atoms with Gasteiger partial charge in [-0.05, 0) is 24.6 Å². The molecule has 10 heteroatoms. The number of aryl methyl sites for hydroxylation is 1. The normalized spacial score (nSPS) is 12.2. The van der Waals surface area contributed by atoms with Gasteiger partial charge in [-0.25, -0.2) is 13.2 Å². The van der Waals surface area contributed by atoms with Crippen molar-refractivity contribution in [1.82, 2.24) is 15.1 Å². The summed E-state index contributed by atoms with van der Waals surface area (Å²) in [7, 11) is 0. The second-order valence-corrected chi connectivity index (χ2v) is 5.86. The molecule has 0 aliphatic rings. The van der Waals surface area contributed by atoms with E-state index in [-0.39, 0.29) is 28.9 Å². The summed E-state index contributed by atoms with van der Waals surface area (Å²) in [5, 5.41) is 14.9. The monoisotopic (exact) mass is 384 g/mol. The van der Waals surface area contributed by atoms with E-state index in [9.17, 15) is 22.8 Å². The molecule has 2 aromatic rings. The molecule has 7 nitrogen and oxygen atoms in total. The van der Waals surface area contributed by atoms with Crippen LogP contribution in [0.4, 0.5) is 13.2 Å². The van der Waals surface area contributed by atoms with E-state index in [1.807, 2.05) is 6.92 Å². The van der Waals surface area contributed by atoms with Crippen molar-refractivity contribution >= 4 is 11.9 Å². The highest BCUT2D eigenvalue weighted by Crippen LogP contribution is 2.32. The molecule has 1 aromatic heterocycles. The molecular weight excluding hydrogens is 365 g/mol. The summed E-state index contributed by atoms with van der Waals surface area (Å²) in [5.41, 5.74) is 4.89. The van der Waals surface area contributed by atoms with Crippen LogP contribution in [0.15, 0.2) is 24.4 Å². The van der Waals surface area contributed by atoms with E-state index in [0.717, 1.165) is 18.3 Å². The lowest BCUT2D eigenvalue weighted by Crippen LogP contribution is -2.42. The van der Waals surface area contributed by atoms with Gasteiger partial charge in [0.15, 0.2) is 0 Å². The van der Waals surface area contributed by atoms with Gasteiger partial charge in [0.05, 0.1) is 17.5 Å². The van der Waals surface area contributed by atoms with Crippen molar-refractivity contribution in [3.05, 3.63) is 41.3 Å². The number of nitrogens with one attached hydrogen (secondary N) is 1. The second-order valence-electron chi connectivity index (χ2n) is 5.86. The van der Waals surface area contributed by atoms with Crippen LogP contribution in [0.1, 0.15) is 35.7 Å². The van der Waals surface area contributed by atoms with Crippen molar-refractivity contribution in [2.75, 3.05) is 6.54 Å². The number of hydrogen-bond acceptors (Lipinski definition) is 4. The van der Waals surface area contributed by atoms with Crippen LogP contribution in [-0.2, 0) is 11.3 Å². The number of carboxylic acid groups (broad SMARTS) is 1. The Morgan fingerprint density at radius 2 is 2.04 bits per heavy atom. The third-order valence-electron chi connectivity index (χ3n) is 3.77. The predicted molar refractivity (Wildman–Crippen MR) is 90.8 cm³/mol. The van der Waals surface area contributed by atoms with E-state index in [2.05, 4.69) is 10.4 Å². The Bertz CT molecular complexity index is 839. The van der Waals surface area contributed by atoms with Crippen molar-refractivity contribution in [2.45, 2.75) is 32.4 Å². The fourth-order valence-electron chi connectivity index (χ4n) is 2.51. The summed E-state index contributed by atoms with van der Waals surface area (Å²) in [6.07, 6.45) is -1.18. The molecule has 0 spiro atoms. The summed E-state index contributed by atoms with van der Waals surface area (Å²) in [6, 6.07) is 1.89. The summed E-state index contributed by atoms with van der Waals surface area (Å²) >= 11 is 0. The number of rotatable bonds is 8. The minimum absolute atomic E-state index is 0.0302. The fraction of sp³-hybridized carbons (Fsp3) is 0.353. The number of nitrogens with two attached hydrogens (primary N) is 1. The first kappa shape index (κ1) is 20.4. The van der Waals surface area contributed by atoms with Crippen molar-refractivity contribution in [2.24, 2.45) is 5.73 Å². The van der Waals surface area contributed by atoms with Gasteiger partial charge in [0.1, 0.15) is 11.9 Å². The molecule has 0 bridgehead atoms. The third-order valence-corrected chi connectivity index (χ3v) is 3.77. The van der Waals surface area contributed by atoms with E-state index in [1.165, 1.54) is 10.7 Å². The molecular formula is C17H19F3N4O3. The predicted octanol–water partition coefficient (Wildman–Crippen LogP) is 2.18. The van der Waals surface area contributed by atoms with Crippen LogP contribution in [0.25, 0.3) is 11.3 Å². The van der Waals surface area contributed by atoms with E-state index in [1.54, 1.807) is 0 Å². The first-order valence-electron chi connectivity index (χ1n) is 8.16. The molecule has 0 radical (unpaired) electrons. The highest BCUT2D eigenvalue weighted by atomic mass is 19.3. The number of carbonyl (C=O) groups excluding carboxylic acids is 1. The molecule has 0 saturated heterocycles. The van der Waals surface area contributed by atoms with Gasteiger partial charge in [-0.3, -0.25) is 14.3 Å². The minimum atomic E-state index is -2.82. The molecule has 0 aliphatic carbocycles. The molecule has 146 valence electrons. The molecule has 0 saturated carbocycles. The Morgan fingerprint density at radius 3 is 2.63 bits per heavy atom. The first-order valence-corrected chi connectivity index (χ1v) is 8.16. The van der Waals surface area contributed by atoms with Crippen molar-refractivity contribution in [3.8, 4) is 11.3 Å². The minimum Gasteiger partial charge on any atom is -0.480 e. The highest BCUT2D eigenvalue weighted by molar-refractivity contribution is 5.95. The maximum atomic E-state index is 14.0. The molecule has 1 aromatic carbocycles. The average molecular weight is 384 g/mol. The number of nitrogens with zero attached hydrogens (tertiary/aromatic N) is 2. The van der Waals surface area contributed by atoms with Crippen LogP contribution >= 0.6 is 0 Å². The van der Waals surface area contributed by atoms with Crippen LogP contribution in [0.2, 0.25) is 0 Å². The lowest BCUT2D eigenvalue weighted by Gasteiger charge is -2.12. The third kappa shape index (κ3) is 4.85. The summed E-state index contributed by atoms with van der Waals surface area (Å²) in [6.45, 7) is 1.81. The highest BCUT2D eigenvalue weighted by Gasteiger charge is 2.22. The molecule has 27 heavy (non-hydrogen) atoms. The lowest BCUT2D eigenvalue weighted by molar-refractivity contribution is -0.138. The maximum Gasteiger partial charge on any atom is 0.322 e. The Kier molecular flexibility index (Phi) is 6.56. The topological polar surface area (TPSA) is 110 Å². The van der Waals surface area contributed by atoms with Gasteiger partial charge in [0, 0.05) is 24.2 Å². The Balaban J connectivity index is 2.39. The number of amides is 1. The number of halogens is 3. The molecule has 0 fully saturated rings. The fourth-order valence-corrected chi connectivity index (χ4v) is 2.51. The zero-order valence-corrected chi connectivity index (χ0v) is 14.5. The van der Waals surface area contributed by atoms with Crippen molar-refractivity contribution < 1.29 is 27.9 Å². The zero-order valence-electron chi connectivity index (χ0n) is 14.5. The summed E-state index contributed by atoms with van der Waals surface area (Å²) < 4.78 is 42.0. The quantitative estimate of drug-likeness (QED) is 0.646. The standard InChI is InChI=1S/C17H19F3N4O3/c1-2-3-24-14(12(7-23-24)15(19)20)9-4-10(6-11(18)5-9)16(25)22-8-13(21)17(26)27/h4-7,13,15H,2-3,8,21H2,1H3,(H,22,25)(H,26,27)/t13-/m1/s1. The molecule has 0 aliphatic heterocycles. The Morgan fingerprint density at radius 1 is 1.33 bits per heavy atom. The number of carboxylic acids is 1. The molecule has 4 N–H and O–H groups in total. The van der Waals surface area contributed by atoms with Gasteiger partial charge in [-0.15, -0.1) is 0 Å². The van der Waals surface area contributed by atoms with Gasteiger partial charge < -0.3 is 16.2 Å². The maximum absolute atomic E-state index is 14.0. The van der Waals surface area contributed by atoms with Gasteiger partial charge in [-0.1, -0.05) is 6.92 Å². The van der Waals surface area contributed by atoms with Crippen molar-refractivity contribution in [1.29, 1.82) is 0 Å². The second kappa shape index (κ2) is 8.67. The number of carbonyl (C=O) groups is 2. The largest absolute Gasteiger partial charge is 0.480 e. The van der Waals surface area contributed by atoms with Crippen LogP contribution < -0.4 is 11.1 Å².